The molecular weight excluding hydrogens is 334 g/mol. The van der Waals surface area contributed by atoms with Crippen LogP contribution < -0.4 is 10.6 Å². The molecule has 0 radical (unpaired) electrons. The topological polar surface area (TPSA) is 54.0 Å². The quantitative estimate of drug-likeness (QED) is 0.686. The molecule has 2 aromatic carbocycles. The molecule has 0 saturated heterocycles. The number of nitrogens with one attached hydrogen (secondary N) is 2. The molecule has 4 nitrogen and oxygen atoms in total. The third-order valence-electron chi connectivity index (χ3n) is 3.80. The molecule has 0 aliphatic heterocycles. The zero-order valence-electron chi connectivity index (χ0n) is 13.8. The van der Waals surface area contributed by atoms with E-state index in [2.05, 4.69) is 15.6 Å². The second kappa shape index (κ2) is 7.81. The van der Waals surface area contributed by atoms with Crippen LogP contribution in [0.25, 0.3) is 0 Å². The average Bonchev–Trinajstić information content (AvgIpc) is 2.63. The minimum absolute atomic E-state index is 0.160. The van der Waals surface area contributed by atoms with E-state index in [1.165, 1.54) is 0 Å². The van der Waals surface area contributed by atoms with Gasteiger partial charge in [-0.15, -0.1) is 0 Å². The molecule has 3 aromatic rings. The Kier molecular flexibility index (Phi) is 5.31. The van der Waals surface area contributed by atoms with Crippen LogP contribution in [0.3, 0.4) is 0 Å². The lowest BCUT2D eigenvalue weighted by Crippen LogP contribution is -2.14. The third-order valence-corrected chi connectivity index (χ3v) is 4.06. The summed E-state index contributed by atoms with van der Waals surface area (Å²) >= 11 is 5.88. The number of nitrogens with zero attached hydrogens (tertiary/aromatic N) is 1. The molecule has 1 amide bonds. The fourth-order valence-electron chi connectivity index (χ4n) is 2.39. The zero-order valence-corrected chi connectivity index (χ0v) is 14.5. The number of hydrogen-bond acceptors (Lipinski definition) is 3. The van der Waals surface area contributed by atoms with E-state index in [1.54, 1.807) is 18.3 Å². The molecule has 0 spiro atoms. The lowest BCUT2D eigenvalue weighted by atomic mass is 10.1. The summed E-state index contributed by atoms with van der Waals surface area (Å²) in [6.45, 7) is 2.58. The van der Waals surface area contributed by atoms with Crippen LogP contribution in [0.15, 0.2) is 66.9 Å². The summed E-state index contributed by atoms with van der Waals surface area (Å²) in [7, 11) is 0. The molecule has 0 saturated carbocycles. The van der Waals surface area contributed by atoms with Crippen molar-refractivity contribution in [3.05, 3.63) is 88.6 Å². The van der Waals surface area contributed by atoms with Crippen molar-refractivity contribution < 1.29 is 4.79 Å². The van der Waals surface area contributed by atoms with Gasteiger partial charge in [-0.05, 0) is 48.4 Å². The number of benzene rings is 2. The molecular formula is C20H18ClN3O. The van der Waals surface area contributed by atoms with Crippen molar-refractivity contribution in [2.45, 2.75) is 13.5 Å². The summed E-state index contributed by atoms with van der Waals surface area (Å²) in [5, 5.41) is 6.82. The van der Waals surface area contributed by atoms with Gasteiger partial charge in [0.2, 0.25) is 0 Å². The van der Waals surface area contributed by atoms with Gasteiger partial charge in [-0.25, -0.2) is 4.98 Å². The first-order chi connectivity index (χ1) is 12.1. The normalized spacial score (nSPS) is 10.3. The minimum Gasteiger partial charge on any atom is -0.380 e. The van der Waals surface area contributed by atoms with Gasteiger partial charge in [0.15, 0.2) is 0 Å². The second-order valence-corrected chi connectivity index (χ2v) is 6.12. The first-order valence-electron chi connectivity index (χ1n) is 7.93. The average molecular weight is 352 g/mol. The highest BCUT2D eigenvalue weighted by Crippen LogP contribution is 2.15. The zero-order chi connectivity index (χ0) is 17.6. The van der Waals surface area contributed by atoms with Crippen molar-refractivity contribution in [2.24, 2.45) is 0 Å². The highest BCUT2D eigenvalue weighted by atomic mass is 35.5. The van der Waals surface area contributed by atoms with E-state index >= 15 is 0 Å². The van der Waals surface area contributed by atoms with Gasteiger partial charge in [0, 0.05) is 17.1 Å². The van der Waals surface area contributed by atoms with Gasteiger partial charge in [0.1, 0.15) is 5.82 Å². The first-order valence-corrected chi connectivity index (χ1v) is 8.31. The van der Waals surface area contributed by atoms with Crippen molar-refractivity contribution >= 4 is 29.0 Å². The monoisotopic (exact) mass is 351 g/mol. The van der Waals surface area contributed by atoms with E-state index in [0.29, 0.717) is 17.9 Å². The summed E-state index contributed by atoms with van der Waals surface area (Å²) in [6, 6.07) is 18.8. The number of anilines is 2. The summed E-state index contributed by atoms with van der Waals surface area (Å²) in [5.74, 6) is 0.359. The Bertz CT molecular complexity index is 861. The molecule has 0 bridgehead atoms. The molecule has 2 N–H and O–H groups in total. The van der Waals surface area contributed by atoms with Crippen LogP contribution in [0, 0.1) is 6.92 Å². The number of carbonyl (C=O) groups is 1. The van der Waals surface area contributed by atoms with Gasteiger partial charge in [0.25, 0.3) is 5.91 Å². The smallest absolute Gasteiger partial charge is 0.257 e. The summed E-state index contributed by atoms with van der Waals surface area (Å²) in [5.41, 5.74) is 3.58. The number of aryl methyl sites for hydroxylation is 1. The number of carbonyl (C=O) groups excluding carboxylic acids is 1. The number of amides is 1. The van der Waals surface area contributed by atoms with Crippen molar-refractivity contribution in [3.63, 3.8) is 0 Å². The van der Waals surface area contributed by atoms with E-state index < -0.39 is 0 Å². The summed E-state index contributed by atoms with van der Waals surface area (Å²) in [4.78, 5) is 16.6. The van der Waals surface area contributed by atoms with Gasteiger partial charge in [-0.2, -0.15) is 0 Å². The maximum absolute atomic E-state index is 12.3. The van der Waals surface area contributed by atoms with Gasteiger partial charge >= 0.3 is 0 Å². The number of aromatic nitrogens is 1. The second-order valence-electron chi connectivity index (χ2n) is 5.68. The molecule has 1 heterocycles. The van der Waals surface area contributed by atoms with E-state index in [9.17, 15) is 4.79 Å². The Morgan fingerprint density at radius 1 is 1.04 bits per heavy atom. The van der Waals surface area contributed by atoms with Gasteiger partial charge < -0.3 is 10.6 Å². The number of pyridine rings is 1. The lowest BCUT2D eigenvalue weighted by molar-refractivity contribution is 0.102. The van der Waals surface area contributed by atoms with Crippen LogP contribution >= 0.6 is 11.6 Å². The summed E-state index contributed by atoms with van der Waals surface area (Å²) < 4.78 is 0. The Morgan fingerprint density at radius 3 is 2.48 bits per heavy atom. The highest BCUT2D eigenvalue weighted by molar-refractivity contribution is 6.30. The SMILES string of the molecule is Cc1ccccc1C(=O)Nc1ccc(NCc2ccc(Cl)cc2)cn1. The third kappa shape index (κ3) is 4.58. The maximum Gasteiger partial charge on any atom is 0.257 e. The van der Waals surface area contributed by atoms with Crippen LogP contribution in [0.4, 0.5) is 11.5 Å². The molecule has 0 unspecified atom stereocenters. The Balaban J connectivity index is 1.59. The number of rotatable bonds is 5. The lowest BCUT2D eigenvalue weighted by Gasteiger charge is -2.09. The molecule has 3 rings (SSSR count). The minimum atomic E-state index is -0.160. The van der Waals surface area contributed by atoms with E-state index in [0.717, 1.165) is 21.8 Å². The summed E-state index contributed by atoms with van der Waals surface area (Å²) in [6.07, 6.45) is 1.70. The van der Waals surface area contributed by atoms with Crippen molar-refractivity contribution in [1.29, 1.82) is 0 Å². The molecule has 25 heavy (non-hydrogen) atoms. The van der Waals surface area contributed by atoms with Gasteiger partial charge in [0.05, 0.1) is 11.9 Å². The Hall–Kier alpha value is -2.85. The van der Waals surface area contributed by atoms with Crippen molar-refractivity contribution in [3.8, 4) is 0 Å². The van der Waals surface area contributed by atoms with E-state index in [1.807, 2.05) is 55.5 Å². The fraction of sp³-hybridized carbons (Fsp3) is 0.100. The molecule has 0 atom stereocenters. The van der Waals surface area contributed by atoms with Gasteiger partial charge in [-0.1, -0.05) is 41.9 Å². The number of halogens is 1. The van der Waals surface area contributed by atoms with Crippen molar-refractivity contribution in [2.75, 3.05) is 10.6 Å². The predicted octanol–water partition coefficient (Wildman–Crippen LogP) is 4.91. The molecule has 126 valence electrons. The number of hydrogen-bond donors (Lipinski definition) is 2. The van der Waals surface area contributed by atoms with Crippen LogP contribution in [-0.4, -0.2) is 10.9 Å². The van der Waals surface area contributed by atoms with E-state index in [4.69, 9.17) is 11.6 Å². The Morgan fingerprint density at radius 2 is 1.80 bits per heavy atom. The standard InChI is InChI=1S/C20H18ClN3O/c1-14-4-2-3-5-18(14)20(25)24-19-11-10-17(13-23-19)22-12-15-6-8-16(21)9-7-15/h2-11,13,22H,12H2,1H3,(H,23,24,25). The van der Waals surface area contributed by atoms with Crippen LogP contribution in [0.2, 0.25) is 5.02 Å². The predicted molar refractivity (Wildman–Crippen MR) is 102 cm³/mol. The first kappa shape index (κ1) is 17.0. The fourth-order valence-corrected chi connectivity index (χ4v) is 2.52. The van der Waals surface area contributed by atoms with Crippen LogP contribution in [-0.2, 0) is 6.54 Å². The molecule has 5 heteroatoms. The van der Waals surface area contributed by atoms with Crippen molar-refractivity contribution in [1.82, 2.24) is 4.98 Å². The molecule has 1 aromatic heterocycles. The van der Waals surface area contributed by atoms with Gasteiger partial charge in [-0.3, -0.25) is 4.79 Å². The molecule has 0 aliphatic carbocycles. The van der Waals surface area contributed by atoms with Crippen LogP contribution in [0.1, 0.15) is 21.5 Å². The highest BCUT2D eigenvalue weighted by Gasteiger charge is 2.09. The largest absolute Gasteiger partial charge is 0.380 e. The maximum atomic E-state index is 12.3. The molecule has 0 aliphatic rings. The molecule has 0 fully saturated rings. The van der Waals surface area contributed by atoms with Crippen LogP contribution in [0.5, 0.6) is 0 Å². The Labute approximate surface area is 151 Å². The van der Waals surface area contributed by atoms with E-state index in [-0.39, 0.29) is 5.91 Å².